The molecule has 6 nitrogen and oxygen atoms in total. The normalized spacial score (nSPS) is 25.0. The highest BCUT2D eigenvalue weighted by Gasteiger charge is 2.48. The Kier molecular flexibility index (Phi) is 5.87. The van der Waals surface area contributed by atoms with Crippen molar-refractivity contribution in [3.63, 3.8) is 0 Å². The fourth-order valence-electron chi connectivity index (χ4n) is 8.14. The lowest BCUT2D eigenvalue weighted by atomic mass is 9.77. The van der Waals surface area contributed by atoms with Crippen LogP contribution in [0.4, 0.5) is 16.2 Å². The molecule has 1 spiro atoms. The van der Waals surface area contributed by atoms with Gasteiger partial charge in [-0.15, -0.1) is 0 Å². The third-order valence-electron chi connectivity index (χ3n) is 10.2. The van der Waals surface area contributed by atoms with Crippen molar-refractivity contribution in [1.29, 1.82) is 0 Å². The Morgan fingerprint density at radius 3 is 2.56 bits per heavy atom. The number of halogens is 2. The number of anilines is 2. The minimum atomic E-state index is -0.464. The second-order valence-electron chi connectivity index (χ2n) is 12.9. The maximum Gasteiger partial charge on any atom is 0.228 e. The summed E-state index contributed by atoms with van der Waals surface area (Å²) in [7, 11) is 0. The van der Waals surface area contributed by atoms with Crippen LogP contribution in [-0.4, -0.2) is 53.3 Å². The van der Waals surface area contributed by atoms with Crippen LogP contribution in [0.2, 0.25) is 5.02 Å². The fourth-order valence-corrected chi connectivity index (χ4v) is 8.43. The van der Waals surface area contributed by atoms with E-state index < -0.39 is 5.82 Å². The number of phenols is 1. The highest BCUT2D eigenvalue weighted by molar-refractivity contribution is 6.35. The van der Waals surface area contributed by atoms with Gasteiger partial charge >= 0.3 is 0 Å². The second-order valence-corrected chi connectivity index (χ2v) is 13.3. The molecule has 3 saturated heterocycles. The van der Waals surface area contributed by atoms with E-state index in [0.717, 1.165) is 61.5 Å². The molecule has 0 radical (unpaired) electrons. The number of fused-ring (bicyclic) bond motifs is 4. The predicted octanol–water partition coefficient (Wildman–Crippen LogP) is 6.91. The van der Waals surface area contributed by atoms with Gasteiger partial charge in [-0.2, -0.15) is 4.98 Å². The standard InChI is InChI=1S/C33H35ClFN5O/c1-2-19-9-10-33(14-19)17-40(18-33)32-37-30-26(31(38-32)39-15-21-7-8-22(16-39)36-21)13-27(34)28(29(30)35)25-12-23(41)11-20-5-3-4-6-24(20)25/h3-6,11-13,19,21-22,36,41H,2,7-10,14-18H2,1H3. The third kappa shape index (κ3) is 4.15. The van der Waals surface area contributed by atoms with Crippen molar-refractivity contribution in [3.05, 3.63) is 53.3 Å². The Hall–Kier alpha value is -3.16. The van der Waals surface area contributed by atoms with Gasteiger partial charge in [0.05, 0.1) is 5.02 Å². The first-order valence-corrected chi connectivity index (χ1v) is 15.5. The Morgan fingerprint density at radius 1 is 1.02 bits per heavy atom. The van der Waals surface area contributed by atoms with E-state index in [1.54, 1.807) is 12.1 Å². The number of hydrogen-bond acceptors (Lipinski definition) is 6. The first-order chi connectivity index (χ1) is 19.9. The van der Waals surface area contributed by atoms with Crippen LogP contribution in [0, 0.1) is 17.2 Å². The van der Waals surface area contributed by atoms with Gasteiger partial charge in [0.15, 0.2) is 5.82 Å². The highest BCUT2D eigenvalue weighted by Crippen LogP contribution is 2.50. The van der Waals surface area contributed by atoms with Crippen molar-refractivity contribution >= 4 is 45.0 Å². The smallest absolute Gasteiger partial charge is 0.228 e. The van der Waals surface area contributed by atoms with Gasteiger partial charge < -0.3 is 20.2 Å². The number of benzene rings is 3. The molecule has 8 rings (SSSR count). The molecule has 3 unspecified atom stereocenters. The van der Waals surface area contributed by atoms with Crippen LogP contribution in [0.5, 0.6) is 5.75 Å². The molecule has 4 aromatic rings. The van der Waals surface area contributed by atoms with E-state index in [9.17, 15) is 5.11 Å². The fraction of sp³-hybridized carbons (Fsp3) is 0.455. The van der Waals surface area contributed by atoms with Gasteiger partial charge in [-0.05, 0) is 72.6 Å². The molecule has 212 valence electrons. The van der Waals surface area contributed by atoms with Crippen molar-refractivity contribution in [2.24, 2.45) is 11.3 Å². The zero-order chi connectivity index (χ0) is 27.9. The molecule has 41 heavy (non-hydrogen) atoms. The van der Waals surface area contributed by atoms with Crippen molar-refractivity contribution in [2.45, 2.75) is 57.5 Å². The van der Waals surface area contributed by atoms with Crippen molar-refractivity contribution in [2.75, 3.05) is 36.0 Å². The van der Waals surface area contributed by atoms with Gasteiger partial charge in [0.1, 0.15) is 17.1 Å². The van der Waals surface area contributed by atoms with E-state index in [4.69, 9.17) is 21.6 Å². The molecule has 8 heteroatoms. The lowest BCUT2D eigenvalue weighted by molar-refractivity contribution is 0.209. The number of piperazine rings is 1. The first kappa shape index (κ1) is 25.5. The number of aromatic hydroxyl groups is 1. The van der Waals surface area contributed by atoms with Crippen LogP contribution in [0.1, 0.15) is 45.4 Å². The molecule has 1 aliphatic carbocycles. The topological polar surface area (TPSA) is 64.5 Å². The molecule has 3 atom stereocenters. The van der Waals surface area contributed by atoms with E-state index in [1.807, 2.05) is 30.3 Å². The van der Waals surface area contributed by atoms with Crippen LogP contribution < -0.4 is 15.1 Å². The number of hydrogen-bond donors (Lipinski definition) is 2. The summed E-state index contributed by atoms with van der Waals surface area (Å²) < 4.78 is 16.8. The van der Waals surface area contributed by atoms with Gasteiger partial charge in [-0.1, -0.05) is 49.2 Å². The van der Waals surface area contributed by atoms with Gasteiger partial charge in [-0.3, -0.25) is 0 Å². The molecule has 3 aromatic carbocycles. The molecule has 0 amide bonds. The Balaban J connectivity index is 1.28. The van der Waals surface area contributed by atoms with Crippen LogP contribution >= 0.6 is 11.6 Å². The zero-order valence-electron chi connectivity index (χ0n) is 23.3. The molecule has 2 N–H and O–H groups in total. The SMILES string of the molecule is CCC1CCC2(C1)CN(c1nc(N3CC4CCC(C3)N4)c3cc(Cl)c(-c4cc(O)cc5ccccc45)c(F)c3n1)C2. The summed E-state index contributed by atoms with van der Waals surface area (Å²) in [6, 6.07) is 13.6. The van der Waals surface area contributed by atoms with Gasteiger partial charge in [-0.25, -0.2) is 9.37 Å². The van der Waals surface area contributed by atoms with E-state index in [-0.39, 0.29) is 11.3 Å². The third-order valence-corrected chi connectivity index (χ3v) is 10.5. The Morgan fingerprint density at radius 2 is 1.80 bits per heavy atom. The number of nitrogens with one attached hydrogen (secondary N) is 1. The largest absolute Gasteiger partial charge is 0.508 e. The van der Waals surface area contributed by atoms with E-state index in [1.165, 1.54) is 25.7 Å². The number of phenolic OH excluding ortho intramolecular Hbond substituents is 1. The van der Waals surface area contributed by atoms with Crippen molar-refractivity contribution < 1.29 is 9.50 Å². The van der Waals surface area contributed by atoms with Crippen LogP contribution in [0.15, 0.2) is 42.5 Å². The summed E-state index contributed by atoms with van der Waals surface area (Å²) >= 11 is 6.91. The van der Waals surface area contributed by atoms with Gasteiger partial charge in [0.2, 0.25) is 5.95 Å². The maximum absolute atomic E-state index is 16.8. The maximum atomic E-state index is 16.8. The Labute approximate surface area is 244 Å². The lowest BCUT2D eigenvalue weighted by Crippen LogP contribution is -2.56. The quantitative estimate of drug-likeness (QED) is 0.278. The number of aromatic nitrogens is 2. The zero-order valence-corrected chi connectivity index (χ0v) is 24.1. The second kappa shape index (κ2) is 9.43. The van der Waals surface area contributed by atoms with Crippen LogP contribution in [0.3, 0.4) is 0 Å². The van der Waals surface area contributed by atoms with E-state index in [2.05, 4.69) is 22.0 Å². The van der Waals surface area contributed by atoms with Gasteiger partial charge in [0.25, 0.3) is 0 Å². The van der Waals surface area contributed by atoms with Crippen LogP contribution in [0.25, 0.3) is 32.8 Å². The monoisotopic (exact) mass is 571 g/mol. The molecule has 4 fully saturated rings. The average Bonchev–Trinajstić information content (AvgIpc) is 3.54. The summed E-state index contributed by atoms with van der Waals surface area (Å²) in [5, 5.41) is 16.8. The summed E-state index contributed by atoms with van der Waals surface area (Å²) in [5.41, 5.74) is 1.47. The molecule has 2 bridgehead atoms. The molecule has 3 aliphatic heterocycles. The average molecular weight is 572 g/mol. The number of nitrogens with zero attached hydrogens (tertiary/aromatic N) is 4. The van der Waals surface area contributed by atoms with Crippen molar-refractivity contribution in [1.82, 2.24) is 15.3 Å². The summed E-state index contributed by atoms with van der Waals surface area (Å²) in [6.07, 6.45) is 7.35. The van der Waals surface area contributed by atoms with E-state index >= 15 is 4.39 Å². The summed E-state index contributed by atoms with van der Waals surface area (Å²) in [6.45, 7) is 5.83. The Bertz CT molecular complexity index is 1680. The first-order valence-electron chi connectivity index (χ1n) is 15.1. The highest BCUT2D eigenvalue weighted by atomic mass is 35.5. The van der Waals surface area contributed by atoms with E-state index in [0.29, 0.717) is 44.9 Å². The summed E-state index contributed by atoms with van der Waals surface area (Å²) in [4.78, 5) is 14.6. The molecule has 1 saturated carbocycles. The minimum Gasteiger partial charge on any atom is -0.508 e. The van der Waals surface area contributed by atoms with Crippen LogP contribution in [-0.2, 0) is 0 Å². The molecular formula is C33H35ClFN5O. The minimum absolute atomic E-state index is 0.0717. The predicted molar refractivity (Wildman–Crippen MR) is 164 cm³/mol. The van der Waals surface area contributed by atoms with Crippen molar-refractivity contribution in [3.8, 4) is 16.9 Å². The molecular weight excluding hydrogens is 537 g/mol. The molecule has 1 aromatic heterocycles. The molecule has 4 aliphatic rings. The summed E-state index contributed by atoms with van der Waals surface area (Å²) in [5.74, 6) is 1.80. The van der Waals surface area contributed by atoms with Gasteiger partial charge in [0, 0.05) is 54.6 Å². The molecule has 4 heterocycles. The lowest BCUT2D eigenvalue weighted by Gasteiger charge is -2.48. The number of rotatable bonds is 4.